The topological polar surface area (TPSA) is 65.3 Å². The number of hydrogen-bond donors (Lipinski definition) is 0. The molecule has 0 amide bonds. The van der Waals surface area contributed by atoms with Crippen LogP contribution in [-0.4, -0.2) is 57.5 Å². The van der Waals surface area contributed by atoms with Crippen LogP contribution in [0.3, 0.4) is 0 Å². The molecule has 3 aliphatic rings. The molecule has 0 N–H and O–H groups in total. The Kier molecular flexibility index (Phi) is 3.82. The van der Waals surface area contributed by atoms with Crippen LogP contribution in [0.4, 0.5) is 0 Å². The first-order valence-corrected chi connectivity index (χ1v) is 7.68. The second kappa shape index (κ2) is 5.95. The molecule has 1 aromatic rings. The van der Waals surface area contributed by atoms with Gasteiger partial charge >= 0.3 is 0 Å². The maximum absolute atomic E-state index is 5.78. The van der Waals surface area contributed by atoms with Crippen molar-refractivity contribution in [3.8, 4) is 17.2 Å². The fraction of sp³-hybridized carbons (Fsp3) is 0.625. The van der Waals surface area contributed by atoms with Gasteiger partial charge in [-0.15, -0.1) is 0 Å². The first-order chi connectivity index (χ1) is 10.8. The van der Waals surface area contributed by atoms with Gasteiger partial charge in [0.05, 0.1) is 19.3 Å². The SMILES string of the molecule is CC1OC1COc1cc(OCC2CO2)cc(OCC2CO2)c1. The van der Waals surface area contributed by atoms with Gasteiger partial charge in [0, 0.05) is 18.2 Å². The summed E-state index contributed by atoms with van der Waals surface area (Å²) in [4.78, 5) is 0. The molecule has 4 atom stereocenters. The van der Waals surface area contributed by atoms with Gasteiger partial charge in [0.2, 0.25) is 0 Å². The zero-order chi connectivity index (χ0) is 14.9. The van der Waals surface area contributed by atoms with Gasteiger partial charge in [-0.05, 0) is 6.92 Å². The third kappa shape index (κ3) is 4.03. The Hall–Kier alpha value is -1.50. The zero-order valence-electron chi connectivity index (χ0n) is 12.5. The monoisotopic (exact) mass is 308 g/mol. The maximum atomic E-state index is 5.78. The summed E-state index contributed by atoms with van der Waals surface area (Å²) in [5.41, 5.74) is 0. The predicted octanol–water partition coefficient (Wildman–Crippen LogP) is 1.41. The number of rotatable bonds is 9. The minimum absolute atomic E-state index is 0.189. The average Bonchev–Trinajstić information content (AvgIpc) is 3.36. The van der Waals surface area contributed by atoms with Crippen LogP contribution in [-0.2, 0) is 14.2 Å². The van der Waals surface area contributed by atoms with Crippen molar-refractivity contribution in [2.45, 2.75) is 31.3 Å². The third-order valence-corrected chi connectivity index (χ3v) is 3.78. The Morgan fingerprint density at radius 3 is 1.64 bits per heavy atom. The highest BCUT2D eigenvalue weighted by Gasteiger charge is 2.34. The van der Waals surface area contributed by atoms with Crippen molar-refractivity contribution < 1.29 is 28.4 Å². The van der Waals surface area contributed by atoms with Crippen molar-refractivity contribution >= 4 is 0 Å². The van der Waals surface area contributed by atoms with E-state index >= 15 is 0 Å². The van der Waals surface area contributed by atoms with E-state index in [0.717, 1.165) is 30.5 Å². The van der Waals surface area contributed by atoms with E-state index in [-0.39, 0.29) is 24.4 Å². The molecule has 4 unspecified atom stereocenters. The van der Waals surface area contributed by atoms with Crippen molar-refractivity contribution in [3.05, 3.63) is 18.2 Å². The van der Waals surface area contributed by atoms with E-state index < -0.39 is 0 Å². The number of epoxide rings is 3. The number of benzene rings is 1. The highest BCUT2D eigenvalue weighted by atomic mass is 16.6. The molecule has 22 heavy (non-hydrogen) atoms. The lowest BCUT2D eigenvalue weighted by atomic mass is 10.3. The molecule has 3 saturated heterocycles. The molecular weight excluding hydrogens is 288 g/mol. The van der Waals surface area contributed by atoms with Gasteiger partial charge in [0.1, 0.15) is 55.4 Å². The van der Waals surface area contributed by atoms with Gasteiger partial charge in [0.15, 0.2) is 0 Å². The van der Waals surface area contributed by atoms with E-state index in [1.165, 1.54) is 0 Å². The Bertz CT molecular complexity index is 491. The summed E-state index contributed by atoms with van der Waals surface area (Å²) in [6.07, 6.45) is 0.909. The molecule has 0 aromatic heterocycles. The second-order valence-corrected chi connectivity index (χ2v) is 5.86. The van der Waals surface area contributed by atoms with Gasteiger partial charge in [-0.25, -0.2) is 0 Å². The van der Waals surface area contributed by atoms with Gasteiger partial charge < -0.3 is 28.4 Å². The van der Waals surface area contributed by atoms with E-state index in [1.807, 2.05) is 25.1 Å². The normalized spacial score (nSPS) is 31.5. The van der Waals surface area contributed by atoms with Crippen LogP contribution in [0.1, 0.15) is 6.92 Å². The Morgan fingerprint density at radius 2 is 1.27 bits per heavy atom. The molecular formula is C16H20O6. The lowest BCUT2D eigenvalue weighted by molar-refractivity contribution is 0.241. The molecule has 3 aliphatic heterocycles. The van der Waals surface area contributed by atoms with Crippen LogP contribution in [0.5, 0.6) is 17.2 Å². The second-order valence-electron chi connectivity index (χ2n) is 5.86. The predicted molar refractivity (Wildman–Crippen MR) is 76.7 cm³/mol. The van der Waals surface area contributed by atoms with Crippen molar-refractivity contribution in [3.63, 3.8) is 0 Å². The van der Waals surface area contributed by atoms with E-state index in [4.69, 9.17) is 28.4 Å². The molecule has 0 bridgehead atoms. The van der Waals surface area contributed by atoms with Crippen molar-refractivity contribution in [1.29, 1.82) is 0 Å². The van der Waals surface area contributed by atoms with Crippen molar-refractivity contribution in [2.75, 3.05) is 33.0 Å². The third-order valence-electron chi connectivity index (χ3n) is 3.78. The van der Waals surface area contributed by atoms with E-state index in [2.05, 4.69) is 0 Å². The van der Waals surface area contributed by atoms with Crippen molar-refractivity contribution in [2.24, 2.45) is 0 Å². The fourth-order valence-corrected chi connectivity index (χ4v) is 2.09. The van der Waals surface area contributed by atoms with Crippen LogP contribution >= 0.6 is 0 Å². The summed E-state index contributed by atoms with van der Waals surface area (Å²) in [6, 6.07) is 5.61. The summed E-state index contributed by atoms with van der Waals surface area (Å²) in [6.45, 7) is 5.23. The van der Waals surface area contributed by atoms with Crippen LogP contribution < -0.4 is 14.2 Å². The highest BCUT2D eigenvalue weighted by molar-refractivity contribution is 5.42. The highest BCUT2D eigenvalue weighted by Crippen LogP contribution is 2.30. The summed E-state index contributed by atoms with van der Waals surface area (Å²) in [5.74, 6) is 2.18. The standard InChI is InChI=1S/C16H20O6/c1-10-16(22-10)9-21-13-3-11(17-5-14-7-19-14)2-12(4-13)18-6-15-8-20-15/h2-4,10,14-16H,5-9H2,1H3. The van der Waals surface area contributed by atoms with Gasteiger partial charge in [0.25, 0.3) is 0 Å². The minimum atomic E-state index is 0.189. The molecule has 0 radical (unpaired) electrons. The zero-order valence-corrected chi connectivity index (χ0v) is 12.5. The molecule has 0 saturated carbocycles. The number of ether oxygens (including phenoxy) is 6. The minimum Gasteiger partial charge on any atom is -0.491 e. The lowest BCUT2D eigenvalue weighted by Crippen LogP contribution is -2.09. The Morgan fingerprint density at radius 1 is 0.864 bits per heavy atom. The van der Waals surface area contributed by atoms with Crippen LogP contribution in [0.2, 0.25) is 0 Å². The Balaban J connectivity index is 1.39. The molecule has 120 valence electrons. The van der Waals surface area contributed by atoms with Crippen LogP contribution in [0.15, 0.2) is 18.2 Å². The summed E-state index contributed by atoms with van der Waals surface area (Å²) >= 11 is 0. The first kappa shape index (κ1) is 14.1. The molecule has 4 rings (SSSR count). The van der Waals surface area contributed by atoms with Gasteiger partial charge in [-0.1, -0.05) is 0 Å². The van der Waals surface area contributed by atoms with Crippen LogP contribution in [0, 0.1) is 0 Å². The quantitative estimate of drug-likeness (QED) is 0.643. The van der Waals surface area contributed by atoms with Crippen LogP contribution in [0.25, 0.3) is 0 Å². The van der Waals surface area contributed by atoms with E-state index in [1.54, 1.807) is 0 Å². The van der Waals surface area contributed by atoms with Gasteiger partial charge in [-0.2, -0.15) is 0 Å². The summed E-state index contributed by atoms with van der Waals surface area (Å²) < 4.78 is 32.9. The fourth-order valence-electron chi connectivity index (χ4n) is 2.09. The molecule has 6 heteroatoms. The van der Waals surface area contributed by atoms with Crippen molar-refractivity contribution in [1.82, 2.24) is 0 Å². The molecule has 0 aliphatic carbocycles. The smallest absolute Gasteiger partial charge is 0.126 e. The summed E-state index contributed by atoms with van der Waals surface area (Å²) in [5, 5.41) is 0. The average molecular weight is 308 g/mol. The largest absolute Gasteiger partial charge is 0.491 e. The van der Waals surface area contributed by atoms with E-state index in [9.17, 15) is 0 Å². The molecule has 3 heterocycles. The molecule has 3 fully saturated rings. The Labute approximate surface area is 129 Å². The number of hydrogen-bond acceptors (Lipinski definition) is 6. The first-order valence-electron chi connectivity index (χ1n) is 7.68. The van der Waals surface area contributed by atoms with E-state index in [0.29, 0.717) is 19.8 Å². The van der Waals surface area contributed by atoms with Gasteiger partial charge in [-0.3, -0.25) is 0 Å². The summed E-state index contributed by atoms with van der Waals surface area (Å²) in [7, 11) is 0. The lowest BCUT2D eigenvalue weighted by Gasteiger charge is -2.12. The maximum Gasteiger partial charge on any atom is 0.126 e. The molecule has 1 aromatic carbocycles. The molecule has 6 nitrogen and oxygen atoms in total. The molecule has 0 spiro atoms.